The van der Waals surface area contributed by atoms with Crippen LogP contribution in [0.4, 0.5) is 11.4 Å². The van der Waals surface area contributed by atoms with E-state index in [2.05, 4.69) is 5.32 Å². The van der Waals surface area contributed by atoms with Gasteiger partial charge in [-0.3, -0.25) is 14.9 Å². The topological polar surface area (TPSA) is 90.7 Å². The quantitative estimate of drug-likeness (QED) is 0.381. The average molecular weight is 433 g/mol. The number of anilines is 1. The largest absolute Gasteiger partial charge is 0.484 e. The Morgan fingerprint density at radius 3 is 2.21 bits per heavy atom. The minimum atomic E-state index is -0.516. The maximum absolute atomic E-state index is 12.3. The fourth-order valence-corrected chi connectivity index (χ4v) is 2.62. The van der Waals surface area contributed by atoms with Gasteiger partial charge in [-0.05, 0) is 54.6 Å². The third-order valence-corrected chi connectivity index (χ3v) is 4.16. The molecule has 29 heavy (non-hydrogen) atoms. The molecule has 0 radical (unpaired) electrons. The molecule has 148 valence electrons. The van der Waals surface area contributed by atoms with Crippen molar-refractivity contribution >= 4 is 40.5 Å². The molecule has 0 bridgehead atoms. The smallest absolute Gasteiger partial charge is 0.269 e. The average Bonchev–Trinajstić information content (AvgIpc) is 2.70. The Hall–Kier alpha value is -3.29. The molecule has 0 unspecified atom stereocenters. The van der Waals surface area contributed by atoms with Crippen molar-refractivity contribution in [2.24, 2.45) is 0 Å². The van der Waals surface area contributed by atoms with Gasteiger partial charge in [0, 0.05) is 22.2 Å². The molecule has 0 aliphatic carbocycles. The van der Waals surface area contributed by atoms with Crippen LogP contribution in [0.5, 0.6) is 17.2 Å². The predicted molar refractivity (Wildman–Crippen MR) is 110 cm³/mol. The van der Waals surface area contributed by atoms with E-state index in [1.165, 1.54) is 24.3 Å². The molecule has 1 N–H and O–H groups in total. The van der Waals surface area contributed by atoms with Crippen LogP contribution in [-0.2, 0) is 4.79 Å². The molecular weight excluding hydrogens is 419 g/mol. The van der Waals surface area contributed by atoms with E-state index in [9.17, 15) is 14.9 Å². The van der Waals surface area contributed by atoms with Crippen LogP contribution >= 0.6 is 23.2 Å². The number of carbonyl (C=O) groups is 1. The summed E-state index contributed by atoms with van der Waals surface area (Å²) in [5.74, 6) is 0.802. The zero-order valence-corrected chi connectivity index (χ0v) is 16.3. The number of non-ortho nitro benzene ring substituents is 1. The van der Waals surface area contributed by atoms with E-state index >= 15 is 0 Å². The summed E-state index contributed by atoms with van der Waals surface area (Å²) in [4.78, 5) is 22.4. The lowest BCUT2D eigenvalue weighted by Gasteiger charge is -2.13. The third kappa shape index (κ3) is 5.84. The molecule has 3 aromatic rings. The van der Waals surface area contributed by atoms with Crippen molar-refractivity contribution in [2.45, 2.75) is 0 Å². The Bertz CT molecular complexity index is 1020. The lowest BCUT2D eigenvalue weighted by atomic mass is 10.2. The van der Waals surface area contributed by atoms with Crippen LogP contribution in [0.25, 0.3) is 0 Å². The molecule has 0 saturated carbocycles. The highest BCUT2D eigenvalue weighted by atomic mass is 35.5. The van der Waals surface area contributed by atoms with Gasteiger partial charge in [0.15, 0.2) is 12.4 Å². The zero-order chi connectivity index (χ0) is 20.8. The van der Waals surface area contributed by atoms with E-state index in [0.29, 0.717) is 33.0 Å². The zero-order valence-electron chi connectivity index (χ0n) is 14.8. The van der Waals surface area contributed by atoms with Crippen LogP contribution in [0, 0.1) is 10.1 Å². The number of nitrogens with zero attached hydrogens (tertiary/aromatic N) is 1. The van der Waals surface area contributed by atoms with Gasteiger partial charge in [0.1, 0.15) is 11.5 Å². The SMILES string of the molecule is O=C(COc1ccc([N+](=O)[O-])cc1)Nc1cc(Cl)ccc1Oc1ccc(Cl)cc1. The second-order valence-electron chi connectivity index (χ2n) is 5.78. The first kappa shape index (κ1) is 20.4. The number of hydrogen-bond acceptors (Lipinski definition) is 5. The minimum Gasteiger partial charge on any atom is -0.484 e. The van der Waals surface area contributed by atoms with E-state index < -0.39 is 10.8 Å². The number of amides is 1. The monoisotopic (exact) mass is 432 g/mol. The summed E-state index contributed by atoms with van der Waals surface area (Å²) in [5, 5.41) is 14.3. The van der Waals surface area contributed by atoms with Crippen molar-refractivity contribution in [3.05, 3.63) is 86.9 Å². The molecule has 0 saturated heterocycles. The molecule has 7 nitrogen and oxygen atoms in total. The van der Waals surface area contributed by atoms with Crippen molar-refractivity contribution in [1.29, 1.82) is 0 Å². The number of rotatable bonds is 7. The lowest BCUT2D eigenvalue weighted by molar-refractivity contribution is -0.384. The van der Waals surface area contributed by atoms with Gasteiger partial charge in [0.2, 0.25) is 0 Å². The molecule has 0 aliphatic heterocycles. The molecule has 3 rings (SSSR count). The van der Waals surface area contributed by atoms with E-state index in [0.717, 1.165) is 0 Å². The van der Waals surface area contributed by atoms with Gasteiger partial charge in [-0.1, -0.05) is 23.2 Å². The van der Waals surface area contributed by atoms with E-state index in [1.54, 1.807) is 42.5 Å². The Morgan fingerprint density at radius 2 is 1.55 bits per heavy atom. The summed E-state index contributed by atoms with van der Waals surface area (Å²) in [6.07, 6.45) is 0. The summed E-state index contributed by atoms with van der Waals surface area (Å²) in [6.45, 7) is -0.301. The summed E-state index contributed by atoms with van der Waals surface area (Å²) in [7, 11) is 0. The number of ether oxygens (including phenoxy) is 2. The van der Waals surface area contributed by atoms with Crippen molar-refractivity contribution in [2.75, 3.05) is 11.9 Å². The molecule has 1 amide bonds. The first-order valence-corrected chi connectivity index (χ1v) is 9.06. The maximum Gasteiger partial charge on any atom is 0.269 e. The highest BCUT2D eigenvalue weighted by Gasteiger charge is 2.12. The van der Waals surface area contributed by atoms with Gasteiger partial charge >= 0.3 is 0 Å². The van der Waals surface area contributed by atoms with Crippen molar-refractivity contribution in [1.82, 2.24) is 0 Å². The lowest BCUT2D eigenvalue weighted by Crippen LogP contribution is -2.20. The minimum absolute atomic E-state index is 0.0651. The van der Waals surface area contributed by atoms with Crippen LogP contribution in [0.2, 0.25) is 10.0 Å². The Balaban J connectivity index is 1.65. The maximum atomic E-state index is 12.3. The van der Waals surface area contributed by atoms with Gasteiger partial charge in [-0.2, -0.15) is 0 Å². The molecule has 0 spiro atoms. The number of benzene rings is 3. The van der Waals surface area contributed by atoms with E-state index in [4.69, 9.17) is 32.7 Å². The summed E-state index contributed by atoms with van der Waals surface area (Å²) in [6, 6.07) is 17.0. The van der Waals surface area contributed by atoms with Crippen molar-refractivity contribution in [3.63, 3.8) is 0 Å². The normalized spacial score (nSPS) is 10.3. The third-order valence-electron chi connectivity index (χ3n) is 3.67. The molecule has 9 heteroatoms. The molecule has 0 aliphatic rings. The van der Waals surface area contributed by atoms with Crippen LogP contribution < -0.4 is 14.8 Å². The molecular formula is C20H14Cl2N2O5. The van der Waals surface area contributed by atoms with Crippen LogP contribution in [-0.4, -0.2) is 17.4 Å². The standard InChI is InChI=1S/C20H14Cl2N2O5/c21-13-1-6-17(7-2-13)29-19-10-3-14(22)11-18(19)23-20(25)12-28-16-8-4-15(5-9-16)24(26)27/h1-11H,12H2,(H,23,25). The number of nitro benzene ring substituents is 1. The molecule has 3 aromatic carbocycles. The number of hydrogen-bond donors (Lipinski definition) is 1. The van der Waals surface area contributed by atoms with Gasteiger partial charge in [-0.25, -0.2) is 0 Å². The molecule has 0 heterocycles. The van der Waals surface area contributed by atoms with E-state index in [1.807, 2.05) is 0 Å². The summed E-state index contributed by atoms with van der Waals surface area (Å²) in [5.41, 5.74) is 0.300. The Kier molecular flexibility index (Phi) is 6.54. The second kappa shape index (κ2) is 9.27. The van der Waals surface area contributed by atoms with Crippen molar-refractivity contribution < 1.29 is 19.2 Å². The van der Waals surface area contributed by atoms with Gasteiger partial charge in [0.05, 0.1) is 10.6 Å². The number of nitro groups is 1. The second-order valence-corrected chi connectivity index (χ2v) is 6.66. The van der Waals surface area contributed by atoms with E-state index in [-0.39, 0.29) is 12.3 Å². The molecule has 0 aromatic heterocycles. The highest BCUT2D eigenvalue weighted by Crippen LogP contribution is 2.32. The first-order valence-electron chi connectivity index (χ1n) is 8.31. The van der Waals surface area contributed by atoms with Crippen LogP contribution in [0.15, 0.2) is 66.7 Å². The van der Waals surface area contributed by atoms with Gasteiger partial charge in [0.25, 0.3) is 11.6 Å². The summed E-state index contributed by atoms with van der Waals surface area (Å²) >= 11 is 11.9. The molecule has 0 fully saturated rings. The Morgan fingerprint density at radius 1 is 0.931 bits per heavy atom. The number of carbonyl (C=O) groups excluding carboxylic acids is 1. The Labute approximate surface area is 175 Å². The fourth-order valence-electron chi connectivity index (χ4n) is 2.32. The van der Waals surface area contributed by atoms with Crippen molar-refractivity contribution in [3.8, 4) is 17.2 Å². The first-order chi connectivity index (χ1) is 13.9. The van der Waals surface area contributed by atoms with Gasteiger partial charge < -0.3 is 14.8 Å². The van der Waals surface area contributed by atoms with Gasteiger partial charge in [-0.15, -0.1) is 0 Å². The summed E-state index contributed by atoms with van der Waals surface area (Å²) < 4.78 is 11.1. The van der Waals surface area contributed by atoms with Crippen LogP contribution in [0.3, 0.4) is 0 Å². The van der Waals surface area contributed by atoms with Crippen LogP contribution in [0.1, 0.15) is 0 Å². The fraction of sp³-hybridized carbons (Fsp3) is 0.0500. The number of nitrogens with one attached hydrogen (secondary N) is 1. The number of halogens is 2. The highest BCUT2D eigenvalue weighted by molar-refractivity contribution is 6.31. The predicted octanol–water partition coefficient (Wildman–Crippen LogP) is 5.71. The molecule has 0 atom stereocenters.